The molecule has 2 aliphatic rings. The number of carbonyl (C=O) groups excluding carboxylic acids is 1. The summed E-state index contributed by atoms with van der Waals surface area (Å²) in [6, 6.07) is 26.8. The summed E-state index contributed by atoms with van der Waals surface area (Å²) in [4.78, 5) is 13.8. The summed E-state index contributed by atoms with van der Waals surface area (Å²) in [5, 5.41) is 14.5. The summed E-state index contributed by atoms with van der Waals surface area (Å²) in [6.45, 7) is 6.72. The first kappa shape index (κ1) is 35.4. The monoisotopic (exact) mass is 716 g/mol. The molecule has 2 aliphatic heterocycles. The molecule has 272 valence electrons. The Morgan fingerprint density at radius 2 is 1.56 bits per heavy atom. The Morgan fingerprint density at radius 3 is 2.23 bits per heavy atom. The second kappa shape index (κ2) is 13.8. The van der Waals surface area contributed by atoms with E-state index in [1.807, 2.05) is 85.1 Å². The quantitative estimate of drug-likeness (QED) is 0.131. The van der Waals surface area contributed by atoms with Crippen LogP contribution in [0.25, 0.3) is 10.9 Å². The molecule has 5 aromatic rings. The summed E-state index contributed by atoms with van der Waals surface area (Å²) < 4.78 is 72.0. The van der Waals surface area contributed by atoms with Crippen LogP contribution in [0.5, 0.6) is 17.2 Å². The zero-order valence-electron chi connectivity index (χ0n) is 29.0. The van der Waals surface area contributed by atoms with E-state index in [2.05, 4.69) is 14.8 Å². The Kier molecular flexibility index (Phi) is 9.41. The predicted octanol–water partition coefficient (Wildman–Crippen LogP) is 7.46. The summed E-state index contributed by atoms with van der Waals surface area (Å²) in [5.41, 5.74) is 1.60. The highest BCUT2D eigenvalue weighted by atomic mass is 19.3. The highest BCUT2D eigenvalue weighted by Crippen LogP contribution is 2.50. The van der Waals surface area contributed by atoms with Crippen LogP contribution in [-0.4, -0.2) is 47.8 Å². The number of carbonyl (C=O) groups is 1. The molecule has 0 aliphatic carbocycles. The van der Waals surface area contributed by atoms with Crippen molar-refractivity contribution in [2.24, 2.45) is 0 Å². The Balaban J connectivity index is 1.15. The molecule has 0 radical (unpaired) electrons. The number of hydrogen-bond acceptors (Lipinski definition) is 7. The lowest BCUT2D eigenvalue weighted by molar-refractivity contribution is -0.286. The van der Waals surface area contributed by atoms with Gasteiger partial charge in [-0.1, -0.05) is 74.5 Å². The average molecular weight is 717 g/mol. The van der Waals surface area contributed by atoms with E-state index in [1.54, 1.807) is 13.0 Å². The minimum absolute atomic E-state index is 0.0513. The fourth-order valence-corrected chi connectivity index (χ4v) is 6.64. The van der Waals surface area contributed by atoms with Crippen LogP contribution in [0, 0.1) is 5.82 Å². The van der Waals surface area contributed by atoms with Crippen LogP contribution in [0.1, 0.15) is 43.2 Å². The van der Waals surface area contributed by atoms with E-state index in [0.717, 1.165) is 16.8 Å². The van der Waals surface area contributed by atoms with Gasteiger partial charge in [0, 0.05) is 34.2 Å². The molecule has 1 amide bonds. The molecule has 12 heteroatoms. The Labute approximate surface area is 298 Å². The number of alkyl halides is 2. The second-order valence-electron chi connectivity index (χ2n) is 14.1. The van der Waals surface area contributed by atoms with Crippen molar-refractivity contribution in [2.45, 2.75) is 63.8 Å². The number of halogens is 3. The molecule has 9 nitrogen and oxygen atoms in total. The van der Waals surface area contributed by atoms with Gasteiger partial charge in [-0.05, 0) is 36.2 Å². The number of ether oxygens (including phenoxy) is 5. The SMILES string of the molecule is CC(C)(COCc1ccccc1)c1cc2cc(NC(=O)[C@]3(C)COc4cc5c(cc43)OC(F)(F)O5)c(F)cc2n1C[C@@H](O)COCc1ccccc1. The maximum absolute atomic E-state index is 16.0. The summed E-state index contributed by atoms with van der Waals surface area (Å²) in [5.74, 6) is -1.54. The molecule has 7 rings (SSSR count). The van der Waals surface area contributed by atoms with Gasteiger partial charge in [0.1, 0.15) is 23.6 Å². The van der Waals surface area contributed by atoms with Gasteiger partial charge in [-0.2, -0.15) is 0 Å². The zero-order valence-corrected chi connectivity index (χ0v) is 29.0. The number of rotatable bonds is 13. The van der Waals surface area contributed by atoms with Crippen molar-refractivity contribution in [1.82, 2.24) is 4.57 Å². The highest BCUT2D eigenvalue weighted by Gasteiger charge is 2.49. The van der Waals surface area contributed by atoms with Crippen LogP contribution in [0.15, 0.2) is 91.0 Å². The van der Waals surface area contributed by atoms with Crippen molar-refractivity contribution in [3.63, 3.8) is 0 Å². The third kappa shape index (κ3) is 7.19. The molecule has 2 N–H and O–H groups in total. The average Bonchev–Trinajstić information content (AvgIpc) is 3.74. The molecule has 0 bridgehead atoms. The molecule has 0 saturated heterocycles. The molecule has 0 saturated carbocycles. The van der Waals surface area contributed by atoms with Gasteiger partial charge in [-0.25, -0.2) is 4.39 Å². The van der Waals surface area contributed by atoms with Crippen LogP contribution in [-0.2, 0) is 44.9 Å². The number of aliphatic hydroxyl groups excluding tert-OH is 1. The smallest absolute Gasteiger partial charge is 0.492 e. The molecule has 0 spiro atoms. The number of aliphatic hydroxyl groups is 1. The molecule has 52 heavy (non-hydrogen) atoms. The van der Waals surface area contributed by atoms with E-state index in [0.29, 0.717) is 36.3 Å². The van der Waals surface area contributed by atoms with E-state index in [1.165, 1.54) is 18.2 Å². The van der Waals surface area contributed by atoms with Gasteiger partial charge in [0.2, 0.25) is 5.91 Å². The number of amides is 1. The lowest BCUT2D eigenvalue weighted by Crippen LogP contribution is -2.39. The van der Waals surface area contributed by atoms with Crippen LogP contribution < -0.4 is 19.5 Å². The number of fused-ring (bicyclic) bond motifs is 3. The number of hydrogen-bond donors (Lipinski definition) is 2. The van der Waals surface area contributed by atoms with E-state index in [4.69, 9.17) is 14.2 Å². The minimum atomic E-state index is -3.84. The van der Waals surface area contributed by atoms with Gasteiger partial charge in [0.25, 0.3) is 0 Å². The number of benzene rings is 4. The fourth-order valence-electron chi connectivity index (χ4n) is 6.64. The van der Waals surface area contributed by atoms with Crippen LogP contribution in [0.4, 0.5) is 18.9 Å². The van der Waals surface area contributed by atoms with Gasteiger partial charge in [-0.15, -0.1) is 8.78 Å². The van der Waals surface area contributed by atoms with Crippen LogP contribution in [0.3, 0.4) is 0 Å². The van der Waals surface area contributed by atoms with Crippen molar-refractivity contribution < 1.29 is 46.8 Å². The van der Waals surface area contributed by atoms with Crippen molar-refractivity contribution >= 4 is 22.5 Å². The molecule has 0 unspecified atom stereocenters. The van der Waals surface area contributed by atoms with Crippen molar-refractivity contribution in [2.75, 3.05) is 25.1 Å². The molecular weight excluding hydrogens is 677 g/mol. The standard InChI is InChI=1S/C40H39F3N2O7/c1-38(2,23-49-21-26-12-8-5-9-13-26)36-15-27-14-31(30(41)17-32(27)45(36)19-28(46)22-48-20-25-10-6-4-7-11-25)44-37(47)39(3)24-50-33-18-35-34(16-29(33)39)51-40(42,43)52-35/h4-18,28,46H,19-24H2,1-3H3,(H,44,47)/t28-,39-/m1/s1. The zero-order chi connectivity index (χ0) is 36.7. The van der Waals surface area contributed by atoms with E-state index in [-0.39, 0.29) is 42.7 Å². The third-order valence-corrected chi connectivity index (χ3v) is 9.44. The molecule has 1 aromatic heterocycles. The maximum atomic E-state index is 16.0. The normalized spacial score (nSPS) is 17.9. The first-order valence-electron chi connectivity index (χ1n) is 16.9. The number of aromatic nitrogens is 1. The Morgan fingerprint density at radius 1 is 0.923 bits per heavy atom. The summed E-state index contributed by atoms with van der Waals surface area (Å²) >= 11 is 0. The molecule has 4 aromatic carbocycles. The van der Waals surface area contributed by atoms with Crippen LogP contribution in [0.2, 0.25) is 0 Å². The maximum Gasteiger partial charge on any atom is 0.586 e. The second-order valence-corrected chi connectivity index (χ2v) is 14.1. The molecular formula is C40H39F3N2O7. The van der Waals surface area contributed by atoms with Crippen LogP contribution >= 0.6 is 0 Å². The van der Waals surface area contributed by atoms with Gasteiger partial charge in [0.15, 0.2) is 11.5 Å². The molecule has 3 heterocycles. The van der Waals surface area contributed by atoms with E-state index in [9.17, 15) is 18.7 Å². The van der Waals surface area contributed by atoms with E-state index < -0.39 is 35.0 Å². The number of anilines is 1. The first-order valence-corrected chi connectivity index (χ1v) is 16.9. The van der Waals surface area contributed by atoms with Crippen molar-refractivity contribution in [3.8, 4) is 17.2 Å². The minimum Gasteiger partial charge on any atom is -0.492 e. The largest absolute Gasteiger partial charge is 0.586 e. The predicted molar refractivity (Wildman–Crippen MR) is 187 cm³/mol. The topological polar surface area (TPSA) is 100 Å². The lowest BCUT2D eigenvalue weighted by Gasteiger charge is -2.28. The Bertz CT molecular complexity index is 2090. The summed E-state index contributed by atoms with van der Waals surface area (Å²) in [7, 11) is 0. The van der Waals surface area contributed by atoms with Gasteiger partial charge < -0.3 is 38.7 Å². The Hall–Kier alpha value is -5.04. The van der Waals surface area contributed by atoms with Crippen molar-refractivity contribution in [1.29, 1.82) is 0 Å². The molecule has 2 atom stereocenters. The number of nitrogens with zero attached hydrogens (tertiary/aromatic N) is 1. The first-order chi connectivity index (χ1) is 24.8. The van der Waals surface area contributed by atoms with E-state index >= 15 is 4.39 Å². The van der Waals surface area contributed by atoms with Gasteiger partial charge >= 0.3 is 6.29 Å². The number of nitrogens with one attached hydrogen (secondary N) is 1. The van der Waals surface area contributed by atoms with Crippen molar-refractivity contribution in [3.05, 3.63) is 119 Å². The summed E-state index contributed by atoms with van der Waals surface area (Å²) in [6.07, 6.45) is -4.75. The lowest BCUT2D eigenvalue weighted by atomic mass is 9.83. The molecule has 0 fully saturated rings. The third-order valence-electron chi connectivity index (χ3n) is 9.44. The highest BCUT2D eigenvalue weighted by molar-refractivity contribution is 6.01. The van der Waals surface area contributed by atoms with Gasteiger partial charge in [-0.3, -0.25) is 4.79 Å². The fraction of sp³-hybridized carbons (Fsp3) is 0.325. The van der Waals surface area contributed by atoms with Gasteiger partial charge in [0.05, 0.1) is 50.3 Å².